The molecule has 7 heteroatoms. The van der Waals surface area contributed by atoms with E-state index in [1.807, 2.05) is 0 Å². The number of carbonyl (C=O) groups is 1. The molecule has 1 saturated carbocycles. The highest BCUT2D eigenvalue weighted by molar-refractivity contribution is 7.92. The number of nitrogens with two attached hydrogens (primary N) is 1. The van der Waals surface area contributed by atoms with Crippen molar-refractivity contribution in [1.29, 1.82) is 0 Å². The lowest BCUT2D eigenvalue weighted by molar-refractivity contribution is -0.145. The maximum atomic E-state index is 12.3. The van der Waals surface area contributed by atoms with Crippen LogP contribution in [0.25, 0.3) is 0 Å². The Kier molecular flexibility index (Phi) is 4.49. The topological polar surface area (TPSA) is 95.7 Å². The van der Waals surface area contributed by atoms with Gasteiger partial charge in [-0.25, -0.2) is 13.2 Å². The van der Waals surface area contributed by atoms with Gasteiger partial charge in [-0.15, -0.1) is 0 Å². The zero-order valence-electron chi connectivity index (χ0n) is 12.9. The van der Waals surface area contributed by atoms with Crippen LogP contribution >= 0.6 is 0 Å². The van der Waals surface area contributed by atoms with Crippen molar-refractivity contribution in [2.45, 2.75) is 30.6 Å². The Morgan fingerprint density at radius 3 is 2.32 bits per heavy atom. The van der Waals surface area contributed by atoms with E-state index in [9.17, 15) is 13.2 Å². The molecular weight excluding hydrogens is 306 g/mol. The Balaban J connectivity index is 2.40. The van der Waals surface area contributed by atoms with Gasteiger partial charge in [0.15, 0.2) is 9.84 Å². The summed E-state index contributed by atoms with van der Waals surface area (Å²) in [5.41, 5.74) is 5.32. The lowest BCUT2D eigenvalue weighted by atomic mass is 10.1. The summed E-state index contributed by atoms with van der Waals surface area (Å²) < 4.78 is 34.6. The molecular formula is C15H21NO5S. The van der Waals surface area contributed by atoms with Crippen LogP contribution in [0.15, 0.2) is 24.3 Å². The normalized spacial score (nSPS) is 27.3. The number of methoxy groups -OCH3 is 1. The zero-order chi connectivity index (χ0) is 16.5. The number of ether oxygens (including phenoxy) is 2. The monoisotopic (exact) mass is 327 g/mol. The maximum Gasteiger partial charge on any atom is 0.328 e. The molecule has 1 aromatic carbocycles. The molecule has 0 unspecified atom stereocenters. The molecule has 0 bridgehead atoms. The van der Waals surface area contributed by atoms with Crippen LogP contribution in [0.1, 0.15) is 25.3 Å². The van der Waals surface area contributed by atoms with Crippen LogP contribution in [0.5, 0.6) is 5.75 Å². The fourth-order valence-corrected chi connectivity index (χ4v) is 4.73. The first-order valence-electron chi connectivity index (χ1n) is 7.14. The Morgan fingerprint density at radius 2 is 1.86 bits per heavy atom. The van der Waals surface area contributed by atoms with Crippen LogP contribution in [0.2, 0.25) is 0 Å². The summed E-state index contributed by atoms with van der Waals surface area (Å²) in [4.78, 5) is 12.2. The van der Waals surface area contributed by atoms with E-state index in [1.54, 1.807) is 45.2 Å². The predicted molar refractivity (Wildman–Crippen MR) is 82.5 cm³/mol. The van der Waals surface area contributed by atoms with Gasteiger partial charge in [-0.2, -0.15) is 0 Å². The molecule has 0 radical (unpaired) electrons. The third-order valence-corrected chi connectivity index (χ3v) is 6.31. The minimum absolute atomic E-state index is 0.0668. The summed E-state index contributed by atoms with van der Waals surface area (Å²) in [6, 6.07) is 6.90. The highest BCUT2D eigenvalue weighted by Gasteiger charge is 2.74. The minimum atomic E-state index is -3.47. The van der Waals surface area contributed by atoms with Gasteiger partial charge < -0.3 is 15.2 Å². The van der Waals surface area contributed by atoms with Crippen molar-refractivity contribution in [3.8, 4) is 5.75 Å². The second kappa shape index (κ2) is 5.89. The van der Waals surface area contributed by atoms with Gasteiger partial charge in [0.2, 0.25) is 0 Å². The van der Waals surface area contributed by atoms with E-state index in [0.29, 0.717) is 11.3 Å². The van der Waals surface area contributed by atoms with E-state index >= 15 is 0 Å². The van der Waals surface area contributed by atoms with Gasteiger partial charge in [0, 0.05) is 11.7 Å². The number of sulfone groups is 1. The van der Waals surface area contributed by atoms with Crippen LogP contribution in [-0.4, -0.2) is 44.6 Å². The average molecular weight is 327 g/mol. The predicted octanol–water partition coefficient (Wildman–Crippen LogP) is 0.856. The van der Waals surface area contributed by atoms with Gasteiger partial charge >= 0.3 is 5.97 Å². The van der Waals surface area contributed by atoms with Crippen LogP contribution in [0.3, 0.4) is 0 Å². The van der Waals surface area contributed by atoms with Gasteiger partial charge in [-0.3, -0.25) is 0 Å². The number of rotatable bonds is 6. The summed E-state index contributed by atoms with van der Waals surface area (Å²) in [5, 5.41) is -0.947. The number of hydrogen-bond acceptors (Lipinski definition) is 6. The first-order valence-corrected chi connectivity index (χ1v) is 8.86. The van der Waals surface area contributed by atoms with E-state index in [2.05, 4.69) is 0 Å². The Morgan fingerprint density at radius 1 is 1.27 bits per heavy atom. The molecule has 6 nitrogen and oxygen atoms in total. The average Bonchev–Trinajstić information content (AvgIpc) is 3.16. The lowest BCUT2D eigenvalue weighted by Crippen LogP contribution is -2.41. The fraction of sp³-hybridized carbons (Fsp3) is 0.533. The first-order chi connectivity index (χ1) is 10.3. The third-order valence-electron chi connectivity index (χ3n) is 4.07. The van der Waals surface area contributed by atoms with E-state index in [0.717, 1.165) is 0 Å². The van der Waals surface area contributed by atoms with Crippen molar-refractivity contribution in [3.63, 3.8) is 0 Å². The minimum Gasteiger partial charge on any atom is -0.497 e. The van der Waals surface area contributed by atoms with Crippen LogP contribution in [0.4, 0.5) is 0 Å². The van der Waals surface area contributed by atoms with Gasteiger partial charge in [0.1, 0.15) is 11.3 Å². The largest absolute Gasteiger partial charge is 0.497 e. The fourth-order valence-electron chi connectivity index (χ4n) is 2.82. The standard InChI is InChI=1S/C15H21NO5S/c1-4-21-14(17)15(16)12(13(15)22(18,19)5-2)10-6-8-11(20-3)9-7-10/h6-9,12-13H,4-5,16H2,1-3H3/t12-,13-,15+/m0/s1. The summed E-state index contributed by atoms with van der Waals surface area (Å²) >= 11 is 0. The molecule has 0 saturated heterocycles. The quantitative estimate of drug-likeness (QED) is 0.779. The molecule has 3 atom stereocenters. The van der Waals surface area contributed by atoms with Gasteiger partial charge in [0.25, 0.3) is 0 Å². The number of esters is 1. The molecule has 22 heavy (non-hydrogen) atoms. The van der Waals surface area contributed by atoms with Crippen molar-refractivity contribution in [2.24, 2.45) is 5.73 Å². The van der Waals surface area contributed by atoms with Gasteiger partial charge in [-0.1, -0.05) is 19.1 Å². The van der Waals surface area contributed by atoms with Gasteiger partial charge in [-0.05, 0) is 24.6 Å². The molecule has 1 aromatic rings. The van der Waals surface area contributed by atoms with E-state index < -0.39 is 32.5 Å². The third kappa shape index (κ3) is 2.59. The second-order valence-corrected chi connectivity index (χ2v) is 7.69. The van der Waals surface area contributed by atoms with Crippen LogP contribution in [-0.2, 0) is 19.4 Å². The molecule has 0 heterocycles. The Labute approximate surface area is 130 Å². The van der Waals surface area contributed by atoms with Crippen LogP contribution in [0, 0.1) is 0 Å². The maximum absolute atomic E-state index is 12.3. The molecule has 1 aliphatic carbocycles. The lowest BCUT2D eigenvalue weighted by Gasteiger charge is -2.11. The summed E-state index contributed by atoms with van der Waals surface area (Å²) in [5.74, 6) is -0.679. The van der Waals surface area contributed by atoms with Crippen molar-refractivity contribution < 1.29 is 22.7 Å². The summed E-state index contributed by atoms with van der Waals surface area (Å²) in [6.45, 7) is 3.37. The molecule has 0 amide bonds. The molecule has 0 aliphatic heterocycles. The molecule has 1 aliphatic rings. The van der Waals surface area contributed by atoms with Crippen molar-refractivity contribution in [3.05, 3.63) is 29.8 Å². The summed E-state index contributed by atoms with van der Waals surface area (Å²) in [7, 11) is -1.92. The van der Waals surface area contributed by atoms with Crippen molar-refractivity contribution in [2.75, 3.05) is 19.5 Å². The highest BCUT2D eigenvalue weighted by Crippen LogP contribution is 2.55. The van der Waals surface area contributed by atoms with E-state index in [-0.39, 0.29) is 12.4 Å². The first kappa shape index (κ1) is 16.8. The molecule has 0 aromatic heterocycles. The second-order valence-electron chi connectivity index (χ2n) is 5.28. The zero-order valence-corrected chi connectivity index (χ0v) is 13.7. The number of carbonyl (C=O) groups excluding carboxylic acids is 1. The smallest absolute Gasteiger partial charge is 0.328 e. The van der Waals surface area contributed by atoms with Crippen molar-refractivity contribution >= 4 is 15.8 Å². The SMILES string of the molecule is CCOC(=O)[C@@]1(N)[C@@H](c2ccc(OC)cc2)[C@@H]1S(=O)(=O)CC. The summed E-state index contributed by atoms with van der Waals surface area (Å²) in [6.07, 6.45) is 0. The Hall–Kier alpha value is -1.60. The van der Waals surface area contributed by atoms with Gasteiger partial charge in [0.05, 0.1) is 19.0 Å². The Bertz CT molecular complexity index is 655. The molecule has 1 fully saturated rings. The molecule has 2 N–H and O–H groups in total. The molecule has 2 rings (SSSR count). The number of hydrogen-bond donors (Lipinski definition) is 1. The molecule has 0 spiro atoms. The van der Waals surface area contributed by atoms with E-state index in [4.69, 9.17) is 15.2 Å². The van der Waals surface area contributed by atoms with E-state index in [1.165, 1.54) is 0 Å². The molecule has 122 valence electrons. The van der Waals surface area contributed by atoms with Crippen LogP contribution < -0.4 is 10.5 Å². The number of benzene rings is 1. The van der Waals surface area contributed by atoms with Crippen molar-refractivity contribution in [1.82, 2.24) is 0 Å². The highest BCUT2D eigenvalue weighted by atomic mass is 32.2.